The molecule has 0 saturated heterocycles. The first kappa shape index (κ1) is 12.4. The summed E-state index contributed by atoms with van der Waals surface area (Å²) in [6.45, 7) is 3.81. The molecule has 2 aromatic rings. The molecule has 1 atom stereocenters. The molecule has 1 heterocycles. The standard InChI is InChI=1S/C16H18FNO/c1-10-8-12(6-7-14(10)17)18-11(2)9-13-15(18)4-3-5-16(13)19/h6-9,16,19H,3-5H2,1-2H3. The van der Waals surface area contributed by atoms with Gasteiger partial charge in [-0.05, 0) is 62.9 Å². The second-order valence-corrected chi connectivity index (χ2v) is 5.36. The van der Waals surface area contributed by atoms with Crippen molar-refractivity contribution in [2.75, 3.05) is 0 Å². The largest absolute Gasteiger partial charge is 0.388 e. The van der Waals surface area contributed by atoms with Gasteiger partial charge in [-0.2, -0.15) is 0 Å². The van der Waals surface area contributed by atoms with Gasteiger partial charge in [-0.25, -0.2) is 4.39 Å². The van der Waals surface area contributed by atoms with E-state index in [2.05, 4.69) is 10.6 Å². The van der Waals surface area contributed by atoms with Crippen molar-refractivity contribution in [3.63, 3.8) is 0 Å². The van der Waals surface area contributed by atoms with Crippen LogP contribution in [0.5, 0.6) is 0 Å². The van der Waals surface area contributed by atoms with Crippen LogP contribution in [0.3, 0.4) is 0 Å². The Morgan fingerprint density at radius 1 is 1.26 bits per heavy atom. The van der Waals surface area contributed by atoms with Crippen molar-refractivity contribution in [1.29, 1.82) is 0 Å². The number of nitrogens with zero attached hydrogens (tertiary/aromatic N) is 1. The van der Waals surface area contributed by atoms with Crippen molar-refractivity contribution in [2.45, 2.75) is 39.2 Å². The maximum Gasteiger partial charge on any atom is 0.126 e. The Labute approximate surface area is 112 Å². The molecule has 0 aliphatic heterocycles. The zero-order chi connectivity index (χ0) is 13.6. The zero-order valence-electron chi connectivity index (χ0n) is 11.3. The fourth-order valence-corrected chi connectivity index (χ4v) is 3.01. The number of rotatable bonds is 1. The molecule has 0 amide bonds. The van der Waals surface area contributed by atoms with Crippen LogP contribution in [0.25, 0.3) is 5.69 Å². The summed E-state index contributed by atoms with van der Waals surface area (Å²) >= 11 is 0. The number of benzene rings is 1. The molecular weight excluding hydrogens is 241 g/mol. The molecule has 0 radical (unpaired) electrons. The van der Waals surface area contributed by atoms with E-state index in [1.165, 1.54) is 11.8 Å². The molecule has 0 saturated carbocycles. The van der Waals surface area contributed by atoms with Crippen molar-refractivity contribution in [3.8, 4) is 5.69 Å². The molecule has 3 rings (SSSR count). The number of hydrogen-bond donors (Lipinski definition) is 1. The van der Waals surface area contributed by atoms with Crippen LogP contribution in [-0.4, -0.2) is 9.67 Å². The predicted octanol–water partition coefficient (Wildman–Crippen LogP) is 3.60. The van der Waals surface area contributed by atoms with Crippen LogP contribution in [-0.2, 0) is 6.42 Å². The summed E-state index contributed by atoms with van der Waals surface area (Å²) in [7, 11) is 0. The van der Waals surface area contributed by atoms with E-state index in [-0.39, 0.29) is 11.9 Å². The highest BCUT2D eigenvalue weighted by Crippen LogP contribution is 2.34. The quantitative estimate of drug-likeness (QED) is 0.831. The van der Waals surface area contributed by atoms with E-state index >= 15 is 0 Å². The third-order valence-corrected chi connectivity index (χ3v) is 3.97. The number of aryl methyl sites for hydroxylation is 2. The van der Waals surface area contributed by atoms with Crippen molar-refractivity contribution in [1.82, 2.24) is 4.57 Å². The van der Waals surface area contributed by atoms with Gasteiger partial charge in [-0.15, -0.1) is 0 Å². The molecule has 0 fully saturated rings. The summed E-state index contributed by atoms with van der Waals surface area (Å²) in [6, 6.07) is 7.23. The minimum absolute atomic E-state index is 0.178. The lowest BCUT2D eigenvalue weighted by molar-refractivity contribution is 0.156. The minimum Gasteiger partial charge on any atom is -0.388 e. The van der Waals surface area contributed by atoms with Crippen LogP contribution in [0.2, 0.25) is 0 Å². The third kappa shape index (κ3) is 1.98. The fourth-order valence-electron chi connectivity index (χ4n) is 3.01. The molecule has 1 aromatic heterocycles. The van der Waals surface area contributed by atoms with Gasteiger partial charge >= 0.3 is 0 Å². The van der Waals surface area contributed by atoms with Crippen molar-refractivity contribution < 1.29 is 9.50 Å². The topological polar surface area (TPSA) is 25.2 Å². The lowest BCUT2D eigenvalue weighted by atomic mass is 9.95. The van der Waals surface area contributed by atoms with Gasteiger partial charge in [-0.3, -0.25) is 0 Å². The lowest BCUT2D eigenvalue weighted by Gasteiger charge is -2.20. The van der Waals surface area contributed by atoms with Gasteiger partial charge in [0.05, 0.1) is 6.10 Å². The second-order valence-electron chi connectivity index (χ2n) is 5.36. The number of halogens is 1. The molecular formula is C16H18FNO. The van der Waals surface area contributed by atoms with Crippen molar-refractivity contribution >= 4 is 0 Å². The first-order chi connectivity index (χ1) is 9.08. The summed E-state index contributed by atoms with van der Waals surface area (Å²) in [5, 5.41) is 10.1. The molecule has 2 nitrogen and oxygen atoms in total. The van der Waals surface area contributed by atoms with E-state index in [4.69, 9.17) is 0 Å². The maximum absolute atomic E-state index is 13.4. The fraction of sp³-hybridized carbons (Fsp3) is 0.375. The molecule has 0 spiro atoms. The van der Waals surface area contributed by atoms with E-state index in [1.54, 1.807) is 13.0 Å². The summed E-state index contributed by atoms with van der Waals surface area (Å²) in [4.78, 5) is 0. The second kappa shape index (κ2) is 4.49. The number of aromatic nitrogens is 1. The highest BCUT2D eigenvalue weighted by atomic mass is 19.1. The first-order valence-electron chi connectivity index (χ1n) is 6.73. The van der Waals surface area contributed by atoms with Crippen LogP contribution in [0.4, 0.5) is 4.39 Å². The Hall–Kier alpha value is -1.61. The molecule has 1 unspecified atom stereocenters. The Balaban J connectivity index is 2.17. The average Bonchev–Trinajstić information content (AvgIpc) is 2.71. The van der Waals surface area contributed by atoms with Crippen molar-refractivity contribution in [3.05, 3.63) is 52.6 Å². The molecule has 100 valence electrons. The van der Waals surface area contributed by atoms with Gasteiger partial charge in [0, 0.05) is 22.6 Å². The number of fused-ring (bicyclic) bond motifs is 1. The van der Waals surface area contributed by atoms with Crippen molar-refractivity contribution in [2.24, 2.45) is 0 Å². The molecule has 19 heavy (non-hydrogen) atoms. The molecule has 1 N–H and O–H groups in total. The van der Waals surface area contributed by atoms with Crippen LogP contribution in [0.1, 0.15) is 41.5 Å². The maximum atomic E-state index is 13.4. The predicted molar refractivity (Wildman–Crippen MR) is 73.1 cm³/mol. The molecule has 3 heteroatoms. The lowest BCUT2D eigenvalue weighted by Crippen LogP contribution is -2.11. The van der Waals surface area contributed by atoms with Crippen LogP contribution in [0.15, 0.2) is 24.3 Å². The van der Waals surface area contributed by atoms with E-state index in [0.29, 0.717) is 5.56 Å². The van der Waals surface area contributed by atoms with Gasteiger partial charge < -0.3 is 9.67 Å². The molecule has 1 aromatic carbocycles. The number of aliphatic hydroxyl groups is 1. The first-order valence-corrected chi connectivity index (χ1v) is 6.73. The van der Waals surface area contributed by atoms with Crippen LogP contribution >= 0.6 is 0 Å². The molecule has 1 aliphatic rings. The van der Waals surface area contributed by atoms with Gasteiger partial charge in [0.2, 0.25) is 0 Å². The van der Waals surface area contributed by atoms with Crippen LogP contribution in [0, 0.1) is 19.7 Å². The van der Waals surface area contributed by atoms with E-state index in [0.717, 1.165) is 36.2 Å². The van der Waals surface area contributed by atoms with Gasteiger partial charge in [0.15, 0.2) is 0 Å². The average molecular weight is 259 g/mol. The Morgan fingerprint density at radius 3 is 2.79 bits per heavy atom. The highest BCUT2D eigenvalue weighted by molar-refractivity contribution is 5.44. The Kier molecular flexibility index (Phi) is 2.94. The van der Waals surface area contributed by atoms with E-state index in [9.17, 15) is 9.50 Å². The summed E-state index contributed by atoms with van der Waals surface area (Å²) in [5.41, 5.74) is 4.92. The van der Waals surface area contributed by atoms with Gasteiger partial charge in [0.25, 0.3) is 0 Å². The van der Waals surface area contributed by atoms with E-state index < -0.39 is 0 Å². The zero-order valence-corrected chi connectivity index (χ0v) is 11.3. The summed E-state index contributed by atoms with van der Waals surface area (Å²) in [5.74, 6) is -0.178. The molecule has 1 aliphatic carbocycles. The normalized spacial score (nSPS) is 18.4. The SMILES string of the molecule is Cc1cc(-n2c(C)cc3c2CCCC3O)ccc1F. The summed E-state index contributed by atoms with van der Waals surface area (Å²) < 4.78 is 15.5. The molecule has 0 bridgehead atoms. The number of aliphatic hydroxyl groups excluding tert-OH is 1. The Bertz CT molecular complexity index is 630. The van der Waals surface area contributed by atoms with Crippen LogP contribution < -0.4 is 0 Å². The summed E-state index contributed by atoms with van der Waals surface area (Å²) in [6.07, 6.45) is 2.44. The van der Waals surface area contributed by atoms with Gasteiger partial charge in [0.1, 0.15) is 5.82 Å². The third-order valence-electron chi connectivity index (χ3n) is 3.97. The van der Waals surface area contributed by atoms with Gasteiger partial charge in [-0.1, -0.05) is 0 Å². The van der Waals surface area contributed by atoms with E-state index in [1.807, 2.05) is 13.0 Å². The Morgan fingerprint density at radius 2 is 2.05 bits per heavy atom. The highest BCUT2D eigenvalue weighted by Gasteiger charge is 2.23. The monoisotopic (exact) mass is 259 g/mol. The smallest absolute Gasteiger partial charge is 0.126 e. The minimum atomic E-state index is -0.356. The number of hydrogen-bond acceptors (Lipinski definition) is 1.